The van der Waals surface area contributed by atoms with Crippen LogP contribution in [0.4, 0.5) is 4.39 Å². The molecule has 0 spiro atoms. The number of rotatable bonds is 7. The molecule has 0 amide bonds. The molecule has 0 aromatic carbocycles. The van der Waals surface area contributed by atoms with E-state index in [0.29, 0.717) is 29.8 Å². The van der Waals surface area contributed by atoms with Crippen LogP contribution in [0.15, 0.2) is 18.3 Å². The molecule has 0 saturated carbocycles. The molecule has 3 unspecified atom stereocenters. The van der Waals surface area contributed by atoms with Crippen molar-refractivity contribution in [3.8, 4) is 5.88 Å². The van der Waals surface area contributed by atoms with E-state index in [1.54, 1.807) is 12.1 Å². The minimum absolute atomic E-state index is 0.143. The Hall–Kier alpha value is -2.20. The van der Waals surface area contributed by atoms with E-state index in [9.17, 15) is 14.3 Å². The first-order chi connectivity index (χ1) is 14.2. The van der Waals surface area contributed by atoms with Gasteiger partial charge in [0, 0.05) is 24.1 Å². The van der Waals surface area contributed by atoms with Crippen LogP contribution in [0.5, 0.6) is 5.88 Å². The van der Waals surface area contributed by atoms with Gasteiger partial charge in [0.05, 0.1) is 36.5 Å². The molecule has 1 aliphatic rings. The van der Waals surface area contributed by atoms with Crippen LogP contribution in [0.2, 0.25) is 0 Å². The molecule has 3 rings (SSSR count). The summed E-state index contributed by atoms with van der Waals surface area (Å²) in [5.74, 6) is -0.493. The van der Waals surface area contributed by atoms with Crippen molar-refractivity contribution in [1.82, 2.24) is 15.3 Å². The average molecular weight is 421 g/mol. The number of ketones is 1. The van der Waals surface area contributed by atoms with Crippen LogP contribution in [0.3, 0.4) is 0 Å². The van der Waals surface area contributed by atoms with Crippen LogP contribution in [0.1, 0.15) is 39.2 Å². The highest BCUT2D eigenvalue weighted by atomic mass is 19.1. The number of pyridine rings is 2. The first-order valence-electron chi connectivity index (χ1n) is 9.90. The molecule has 164 valence electrons. The SMILES string of the molecule is COc1ccc2ncc(F)c(CC(=O)C3CCC(NC(O)OC(C)(C)C)CO3)c2n1. The summed E-state index contributed by atoms with van der Waals surface area (Å²) in [6.45, 7) is 5.77. The van der Waals surface area contributed by atoms with Crippen LogP contribution in [0.25, 0.3) is 11.0 Å². The number of nitrogens with one attached hydrogen (secondary N) is 1. The number of ether oxygens (including phenoxy) is 3. The molecule has 2 aromatic heterocycles. The van der Waals surface area contributed by atoms with E-state index in [1.165, 1.54) is 7.11 Å². The Morgan fingerprint density at radius 3 is 2.80 bits per heavy atom. The third-order valence-electron chi connectivity index (χ3n) is 4.78. The molecule has 1 fully saturated rings. The quantitative estimate of drug-likeness (QED) is 0.656. The van der Waals surface area contributed by atoms with Crippen molar-refractivity contribution in [1.29, 1.82) is 0 Å². The zero-order chi connectivity index (χ0) is 21.9. The van der Waals surface area contributed by atoms with Crippen LogP contribution in [0, 0.1) is 5.82 Å². The molecular formula is C21H28FN3O5. The van der Waals surface area contributed by atoms with Gasteiger partial charge in [0.15, 0.2) is 5.78 Å². The molecule has 9 heteroatoms. The third kappa shape index (κ3) is 5.69. The van der Waals surface area contributed by atoms with E-state index in [2.05, 4.69) is 15.3 Å². The zero-order valence-electron chi connectivity index (χ0n) is 17.6. The van der Waals surface area contributed by atoms with E-state index < -0.39 is 23.9 Å². The van der Waals surface area contributed by atoms with Gasteiger partial charge in [0.1, 0.15) is 11.9 Å². The van der Waals surface area contributed by atoms with Crippen molar-refractivity contribution in [3.63, 3.8) is 0 Å². The highest BCUT2D eigenvalue weighted by Gasteiger charge is 2.30. The molecule has 2 N–H and O–H groups in total. The Bertz CT molecular complexity index is 894. The maximum absolute atomic E-state index is 14.4. The normalized spacial score (nSPS) is 20.9. The Morgan fingerprint density at radius 1 is 1.40 bits per heavy atom. The molecule has 3 heterocycles. The van der Waals surface area contributed by atoms with Gasteiger partial charge in [-0.1, -0.05) is 0 Å². The largest absolute Gasteiger partial charge is 0.481 e. The number of carbonyl (C=O) groups is 1. The molecule has 1 saturated heterocycles. The van der Waals surface area contributed by atoms with E-state index in [-0.39, 0.29) is 30.4 Å². The number of aliphatic hydroxyl groups excluding tert-OH is 1. The van der Waals surface area contributed by atoms with Crippen molar-refractivity contribution in [2.45, 2.75) is 64.2 Å². The van der Waals surface area contributed by atoms with Gasteiger partial charge in [0.2, 0.25) is 12.3 Å². The molecule has 1 aliphatic heterocycles. The number of hydrogen-bond acceptors (Lipinski definition) is 8. The number of nitrogens with zero attached hydrogens (tertiary/aromatic N) is 2. The summed E-state index contributed by atoms with van der Waals surface area (Å²) < 4.78 is 30.7. The van der Waals surface area contributed by atoms with Gasteiger partial charge in [-0.2, -0.15) is 0 Å². The number of methoxy groups -OCH3 is 1. The van der Waals surface area contributed by atoms with Crippen LogP contribution in [-0.2, 0) is 20.7 Å². The summed E-state index contributed by atoms with van der Waals surface area (Å²) in [7, 11) is 1.47. The zero-order valence-corrected chi connectivity index (χ0v) is 17.6. The van der Waals surface area contributed by atoms with Gasteiger partial charge in [-0.25, -0.2) is 9.37 Å². The number of carbonyl (C=O) groups excluding carboxylic acids is 1. The number of Topliss-reactive ketones (excluding diaryl/α,β-unsaturated/α-hetero) is 1. The summed E-state index contributed by atoms with van der Waals surface area (Å²) in [6, 6.07) is 3.16. The van der Waals surface area contributed by atoms with E-state index in [0.717, 1.165) is 6.20 Å². The van der Waals surface area contributed by atoms with Gasteiger partial charge in [0.25, 0.3) is 0 Å². The van der Waals surface area contributed by atoms with Crippen LogP contribution < -0.4 is 10.1 Å². The van der Waals surface area contributed by atoms with Crippen LogP contribution >= 0.6 is 0 Å². The molecule has 2 aromatic rings. The minimum atomic E-state index is -1.12. The lowest BCUT2D eigenvalue weighted by Gasteiger charge is -2.32. The number of fused-ring (bicyclic) bond motifs is 1. The lowest BCUT2D eigenvalue weighted by atomic mass is 9.97. The summed E-state index contributed by atoms with van der Waals surface area (Å²) in [6.07, 6.45) is 0.259. The van der Waals surface area contributed by atoms with Crippen molar-refractivity contribution < 1.29 is 28.5 Å². The second-order valence-corrected chi connectivity index (χ2v) is 8.29. The third-order valence-corrected chi connectivity index (χ3v) is 4.78. The Labute approximate surface area is 174 Å². The molecule has 0 aliphatic carbocycles. The molecule has 3 atom stereocenters. The van der Waals surface area contributed by atoms with Crippen molar-refractivity contribution in [2.75, 3.05) is 13.7 Å². The fraction of sp³-hybridized carbons (Fsp3) is 0.571. The number of aliphatic hydroxyl groups is 1. The van der Waals surface area contributed by atoms with Gasteiger partial charge in [-0.05, 0) is 39.7 Å². The Kier molecular flexibility index (Phi) is 6.97. The van der Waals surface area contributed by atoms with Gasteiger partial charge < -0.3 is 19.3 Å². The maximum atomic E-state index is 14.4. The molecule has 8 nitrogen and oxygen atoms in total. The predicted molar refractivity (Wildman–Crippen MR) is 108 cm³/mol. The molecular weight excluding hydrogens is 393 g/mol. The fourth-order valence-electron chi connectivity index (χ4n) is 3.35. The van der Waals surface area contributed by atoms with Crippen molar-refractivity contribution >= 4 is 16.8 Å². The predicted octanol–water partition coefficient (Wildman–Crippen LogP) is 2.12. The first-order valence-corrected chi connectivity index (χ1v) is 9.90. The number of aromatic nitrogens is 2. The van der Waals surface area contributed by atoms with Gasteiger partial charge in [-0.3, -0.25) is 15.1 Å². The minimum Gasteiger partial charge on any atom is -0.481 e. The van der Waals surface area contributed by atoms with E-state index in [4.69, 9.17) is 14.2 Å². The molecule has 30 heavy (non-hydrogen) atoms. The van der Waals surface area contributed by atoms with Crippen LogP contribution in [-0.4, -0.2) is 58.7 Å². The average Bonchev–Trinajstić information content (AvgIpc) is 2.68. The second-order valence-electron chi connectivity index (χ2n) is 8.29. The monoisotopic (exact) mass is 421 g/mol. The lowest BCUT2D eigenvalue weighted by molar-refractivity contribution is -0.190. The number of halogens is 1. The summed E-state index contributed by atoms with van der Waals surface area (Å²) in [5, 5.41) is 12.9. The highest BCUT2D eigenvalue weighted by Crippen LogP contribution is 2.24. The second kappa shape index (κ2) is 9.30. The molecule has 0 bridgehead atoms. The van der Waals surface area contributed by atoms with E-state index >= 15 is 0 Å². The van der Waals surface area contributed by atoms with Crippen molar-refractivity contribution in [2.24, 2.45) is 0 Å². The Morgan fingerprint density at radius 2 is 2.17 bits per heavy atom. The summed E-state index contributed by atoms with van der Waals surface area (Å²) in [4.78, 5) is 21.0. The van der Waals surface area contributed by atoms with E-state index in [1.807, 2.05) is 20.8 Å². The lowest BCUT2D eigenvalue weighted by Crippen LogP contribution is -2.49. The summed E-state index contributed by atoms with van der Waals surface area (Å²) in [5.41, 5.74) is 0.484. The standard InChI is InChI=1S/C21H28FN3O5/c1-21(2,3)30-20(27)24-12-5-7-17(29-11-12)16(26)9-13-14(22)10-23-15-6-8-18(28-4)25-19(13)15/h6,8,10,12,17,20,24,27H,5,7,9,11H2,1-4H3. The maximum Gasteiger partial charge on any atom is 0.214 e. The highest BCUT2D eigenvalue weighted by molar-refractivity contribution is 5.89. The van der Waals surface area contributed by atoms with Crippen molar-refractivity contribution in [3.05, 3.63) is 29.7 Å². The fourth-order valence-corrected chi connectivity index (χ4v) is 3.35. The summed E-state index contributed by atoms with van der Waals surface area (Å²) >= 11 is 0. The molecule has 0 radical (unpaired) electrons. The smallest absolute Gasteiger partial charge is 0.214 e. The topological polar surface area (TPSA) is 103 Å². The Balaban J connectivity index is 1.62. The first kappa shape index (κ1) is 22.5. The number of hydrogen-bond donors (Lipinski definition) is 2. The van der Waals surface area contributed by atoms with Gasteiger partial charge in [-0.15, -0.1) is 0 Å². The van der Waals surface area contributed by atoms with Gasteiger partial charge >= 0.3 is 0 Å².